The van der Waals surface area contributed by atoms with Crippen molar-refractivity contribution < 1.29 is 24.5 Å². The van der Waals surface area contributed by atoms with Gasteiger partial charge in [-0.1, -0.05) is 27.2 Å². The topological polar surface area (TPSA) is 112 Å². The summed E-state index contributed by atoms with van der Waals surface area (Å²) in [6, 6.07) is -0.292. The molecule has 210 valence electrons. The first kappa shape index (κ1) is 30.5. The second-order valence-electron chi connectivity index (χ2n) is 12.0. The zero-order valence-electron chi connectivity index (χ0n) is 23.6. The van der Waals surface area contributed by atoms with Crippen LogP contribution in [0.5, 0.6) is 0 Å². The number of hydrogen-bond donors (Lipinski definition) is 3. The molecule has 0 saturated carbocycles. The second-order valence-corrected chi connectivity index (χ2v) is 13.0. The minimum absolute atomic E-state index is 0.00669. The summed E-state index contributed by atoms with van der Waals surface area (Å²) >= 11 is 1.57. The van der Waals surface area contributed by atoms with E-state index >= 15 is 0 Å². The normalized spacial score (nSPS) is 35.2. The van der Waals surface area contributed by atoms with Crippen molar-refractivity contribution in [3.8, 4) is 12.3 Å². The molecule has 0 bridgehead atoms. The third kappa shape index (κ3) is 7.32. The summed E-state index contributed by atoms with van der Waals surface area (Å²) in [5.41, 5.74) is 0.287. The van der Waals surface area contributed by atoms with Gasteiger partial charge in [-0.25, -0.2) is 4.98 Å². The van der Waals surface area contributed by atoms with Crippen molar-refractivity contribution in [3.05, 3.63) is 21.7 Å². The van der Waals surface area contributed by atoms with Crippen LogP contribution in [-0.4, -0.2) is 56.8 Å². The van der Waals surface area contributed by atoms with Crippen molar-refractivity contribution in [2.24, 2.45) is 17.3 Å². The van der Waals surface area contributed by atoms with Crippen molar-refractivity contribution in [3.63, 3.8) is 0 Å². The monoisotopic (exact) mass is 544 g/mol. The lowest BCUT2D eigenvalue weighted by atomic mass is 9.71. The average molecular weight is 545 g/mol. The van der Waals surface area contributed by atoms with Crippen molar-refractivity contribution in [2.45, 2.75) is 116 Å². The van der Waals surface area contributed by atoms with Crippen molar-refractivity contribution in [1.82, 2.24) is 10.3 Å². The fourth-order valence-electron chi connectivity index (χ4n) is 5.53. The number of terminal acetylenes is 1. The highest BCUT2D eigenvalue weighted by Crippen LogP contribution is 2.44. The molecule has 8 heteroatoms. The fourth-order valence-corrected chi connectivity index (χ4v) is 6.10. The maximum absolute atomic E-state index is 13.7. The van der Waals surface area contributed by atoms with Gasteiger partial charge in [-0.2, -0.15) is 0 Å². The number of Topliss-reactive ketones (excluding diaryl/α,β-unsaturated/α-hetero) is 1. The zero-order chi connectivity index (χ0) is 28.3. The number of nitrogens with zero attached hydrogens (tertiary/aromatic N) is 1. The highest BCUT2D eigenvalue weighted by atomic mass is 32.1. The first-order chi connectivity index (χ1) is 17.8. The lowest BCUT2D eigenvalue weighted by Gasteiger charge is -2.36. The number of thiazole rings is 1. The Bertz CT molecular complexity index is 1070. The average Bonchev–Trinajstić information content (AvgIpc) is 3.29. The number of fused-ring (bicyclic) bond motifs is 1. The van der Waals surface area contributed by atoms with Crippen LogP contribution in [-0.2, 0) is 14.3 Å². The number of aromatic nitrogens is 1. The molecule has 1 aromatic heterocycles. The predicted molar refractivity (Wildman–Crippen MR) is 150 cm³/mol. The molecule has 7 atom stereocenters. The molecule has 38 heavy (non-hydrogen) atoms. The second kappa shape index (κ2) is 12.4. The number of amides is 1. The number of aliphatic hydroxyl groups is 2. The van der Waals surface area contributed by atoms with Crippen LogP contribution < -0.4 is 5.32 Å². The van der Waals surface area contributed by atoms with E-state index < -0.39 is 23.5 Å². The molecule has 0 aromatic carbocycles. The van der Waals surface area contributed by atoms with Gasteiger partial charge in [0.05, 0.1) is 52.5 Å². The SMILES string of the molecule is C#CCCC1C(=O)C(C)(C)C(O)CC(=O)NC(C(C)=Cc2csc(C)n2)CC2OC2(C)CCCC(C)C1O. The van der Waals surface area contributed by atoms with Gasteiger partial charge in [0, 0.05) is 24.1 Å². The van der Waals surface area contributed by atoms with Crippen LogP contribution in [0.3, 0.4) is 0 Å². The van der Waals surface area contributed by atoms with Crippen LogP contribution in [0.15, 0.2) is 11.0 Å². The summed E-state index contributed by atoms with van der Waals surface area (Å²) in [4.78, 5) is 31.4. The van der Waals surface area contributed by atoms with Gasteiger partial charge in [0.25, 0.3) is 0 Å². The summed E-state index contributed by atoms with van der Waals surface area (Å²) in [6.07, 6.45) is 8.86. The number of ether oxygens (including phenoxy) is 1. The van der Waals surface area contributed by atoms with E-state index in [4.69, 9.17) is 11.2 Å². The minimum atomic E-state index is -1.23. The van der Waals surface area contributed by atoms with Gasteiger partial charge in [0.2, 0.25) is 5.91 Å². The Morgan fingerprint density at radius 3 is 2.68 bits per heavy atom. The highest BCUT2D eigenvalue weighted by Gasteiger charge is 2.52. The molecule has 2 saturated heterocycles. The van der Waals surface area contributed by atoms with Gasteiger partial charge in [0.15, 0.2) is 0 Å². The predicted octanol–water partition coefficient (Wildman–Crippen LogP) is 4.44. The Labute approximate surface area is 231 Å². The first-order valence-corrected chi connectivity index (χ1v) is 14.6. The summed E-state index contributed by atoms with van der Waals surface area (Å²) < 4.78 is 6.13. The maximum Gasteiger partial charge on any atom is 0.223 e. The van der Waals surface area contributed by atoms with Crippen LogP contribution in [0, 0.1) is 36.5 Å². The molecule has 2 aliphatic heterocycles. The van der Waals surface area contributed by atoms with Crippen molar-refractivity contribution in [1.29, 1.82) is 0 Å². The summed E-state index contributed by atoms with van der Waals surface area (Å²) in [5.74, 6) is 1.15. The van der Waals surface area contributed by atoms with E-state index in [2.05, 4.69) is 23.1 Å². The summed E-state index contributed by atoms with van der Waals surface area (Å²) in [5, 5.41) is 28.3. The molecule has 3 rings (SSSR count). The van der Waals surface area contributed by atoms with Crippen LogP contribution >= 0.6 is 11.3 Å². The van der Waals surface area contributed by atoms with Gasteiger partial charge in [-0.05, 0) is 57.6 Å². The van der Waals surface area contributed by atoms with E-state index in [-0.39, 0.29) is 41.8 Å². The Morgan fingerprint density at radius 1 is 1.34 bits per heavy atom. The molecule has 1 aromatic rings. The highest BCUT2D eigenvalue weighted by molar-refractivity contribution is 7.09. The number of nitrogens with one attached hydrogen (secondary N) is 1. The zero-order valence-corrected chi connectivity index (χ0v) is 24.4. The summed E-state index contributed by atoms with van der Waals surface area (Å²) in [6.45, 7) is 11.3. The van der Waals surface area contributed by atoms with E-state index in [1.165, 1.54) is 0 Å². The molecule has 0 aliphatic carbocycles. The first-order valence-electron chi connectivity index (χ1n) is 13.7. The molecular formula is C30H44N2O5S. The molecule has 7 unspecified atom stereocenters. The number of epoxide rings is 1. The number of ketones is 1. The van der Waals surface area contributed by atoms with E-state index in [9.17, 15) is 19.8 Å². The van der Waals surface area contributed by atoms with Crippen LogP contribution in [0.1, 0.15) is 90.3 Å². The Hall–Kier alpha value is -2.05. The molecular weight excluding hydrogens is 500 g/mol. The van der Waals surface area contributed by atoms with E-state index in [0.29, 0.717) is 19.3 Å². The van der Waals surface area contributed by atoms with Crippen LogP contribution in [0.4, 0.5) is 0 Å². The number of rotatable bonds is 4. The quantitative estimate of drug-likeness (QED) is 0.382. The molecule has 2 aliphatic rings. The summed E-state index contributed by atoms with van der Waals surface area (Å²) in [7, 11) is 0. The van der Waals surface area contributed by atoms with E-state index in [1.54, 1.807) is 25.2 Å². The smallest absolute Gasteiger partial charge is 0.223 e. The third-order valence-electron chi connectivity index (χ3n) is 8.49. The molecule has 3 N–H and O–H groups in total. The largest absolute Gasteiger partial charge is 0.392 e. The molecule has 0 radical (unpaired) electrons. The lowest BCUT2D eigenvalue weighted by Crippen LogP contribution is -2.48. The van der Waals surface area contributed by atoms with Crippen molar-refractivity contribution >= 4 is 29.1 Å². The fraction of sp³-hybridized carbons (Fsp3) is 0.700. The van der Waals surface area contributed by atoms with E-state index in [1.807, 2.05) is 32.2 Å². The Kier molecular flexibility index (Phi) is 9.97. The maximum atomic E-state index is 13.7. The number of carbonyl (C=O) groups is 2. The molecule has 3 heterocycles. The number of carbonyl (C=O) groups excluding carboxylic acids is 2. The molecule has 2 fully saturated rings. The number of aliphatic hydroxyl groups excluding tert-OH is 2. The molecule has 1 amide bonds. The Morgan fingerprint density at radius 2 is 2.05 bits per heavy atom. The third-order valence-corrected chi connectivity index (χ3v) is 9.29. The van der Waals surface area contributed by atoms with Crippen LogP contribution in [0.25, 0.3) is 6.08 Å². The number of hydrogen-bond acceptors (Lipinski definition) is 7. The molecule has 0 spiro atoms. The van der Waals surface area contributed by atoms with Gasteiger partial charge < -0.3 is 20.3 Å². The number of aryl methyl sites for hydroxylation is 1. The molecule has 7 nitrogen and oxygen atoms in total. The van der Waals surface area contributed by atoms with Gasteiger partial charge in [0.1, 0.15) is 5.78 Å². The van der Waals surface area contributed by atoms with Crippen molar-refractivity contribution in [2.75, 3.05) is 0 Å². The Balaban J connectivity index is 1.88. The van der Waals surface area contributed by atoms with Crippen LogP contribution in [0.2, 0.25) is 0 Å². The van der Waals surface area contributed by atoms with Gasteiger partial charge in [-0.3, -0.25) is 9.59 Å². The van der Waals surface area contributed by atoms with Gasteiger partial charge in [-0.15, -0.1) is 23.7 Å². The standard InChI is InChI=1S/C30H44N2O5S/c1-8-9-12-22-27(35)18(2)11-10-13-30(7)25(37-30)15-23(19(3)14-21-17-38-20(4)31-21)32-26(34)16-24(33)29(5,6)28(22)36/h1,14,17-18,22-25,27,33,35H,9-13,15-16H2,2-7H3,(H,32,34). The lowest BCUT2D eigenvalue weighted by molar-refractivity contribution is -0.144. The minimum Gasteiger partial charge on any atom is -0.392 e. The van der Waals surface area contributed by atoms with Gasteiger partial charge >= 0.3 is 0 Å². The van der Waals surface area contributed by atoms with E-state index in [0.717, 1.165) is 35.5 Å².